The summed E-state index contributed by atoms with van der Waals surface area (Å²) in [7, 11) is 0. The van der Waals surface area contributed by atoms with Crippen molar-refractivity contribution in [2.75, 3.05) is 6.54 Å². The van der Waals surface area contributed by atoms with E-state index in [9.17, 15) is 4.79 Å². The van der Waals surface area contributed by atoms with Crippen LogP contribution in [-0.2, 0) is 24.2 Å². The molecule has 0 aliphatic carbocycles. The van der Waals surface area contributed by atoms with Gasteiger partial charge in [-0.15, -0.1) is 5.10 Å². The molecule has 4 rings (SSSR count). The van der Waals surface area contributed by atoms with Gasteiger partial charge in [-0.1, -0.05) is 26.0 Å². The summed E-state index contributed by atoms with van der Waals surface area (Å²) in [6.07, 6.45) is 4.63. The van der Waals surface area contributed by atoms with E-state index >= 15 is 0 Å². The molecule has 27 heavy (non-hydrogen) atoms. The first kappa shape index (κ1) is 17.3. The van der Waals surface area contributed by atoms with Crippen LogP contribution in [0.15, 0.2) is 36.8 Å². The Morgan fingerprint density at radius 2 is 2.04 bits per heavy atom. The first-order valence-corrected chi connectivity index (χ1v) is 9.05. The summed E-state index contributed by atoms with van der Waals surface area (Å²) in [4.78, 5) is 23.7. The first-order chi connectivity index (χ1) is 13.1. The Bertz CT molecular complexity index is 935. The lowest BCUT2D eigenvalue weighted by molar-refractivity contribution is -0.131. The van der Waals surface area contributed by atoms with Crippen molar-refractivity contribution in [3.63, 3.8) is 0 Å². The lowest BCUT2D eigenvalue weighted by Crippen LogP contribution is -2.37. The van der Waals surface area contributed by atoms with Crippen molar-refractivity contribution in [3.05, 3.63) is 59.4 Å². The summed E-state index contributed by atoms with van der Waals surface area (Å²) >= 11 is 0. The van der Waals surface area contributed by atoms with Crippen LogP contribution in [0.1, 0.15) is 42.4 Å². The number of amides is 1. The predicted molar refractivity (Wildman–Crippen MR) is 98.1 cm³/mol. The summed E-state index contributed by atoms with van der Waals surface area (Å²) < 4.78 is 1.58. The molecule has 1 aliphatic heterocycles. The number of tetrazole rings is 1. The third-order valence-corrected chi connectivity index (χ3v) is 4.74. The number of benzene rings is 1. The SMILES string of the molecule is CC(C)c1ncc2c(n1)CN(C(=O)Cc1ccc(-n3cnnn3)cc1)CC2. The average Bonchev–Trinajstić information content (AvgIpc) is 3.22. The zero-order valence-electron chi connectivity index (χ0n) is 15.4. The van der Waals surface area contributed by atoms with E-state index in [1.807, 2.05) is 35.4 Å². The van der Waals surface area contributed by atoms with Crippen molar-refractivity contribution in [2.45, 2.75) is 39.2 Å². The molecule has 1 amide bonds. The zero-order valence-corrected chi connectivity index (χ0v) is 15.4. The Balaban J connectivity index is 1.44. The van der Waals surface area contributed by atoms with Crippen LogP contribution < -0.4 is 0 Å². The van der Waals surface area contributed by atoms with Gasteiger partial charge in [0.15, 0.2) is 0 Å². The highest BCUT2D eigenvalue weighted by Crippen LogP contribution is 2.20. The molecule has 2 aromatic heterocycles. The number of carbonyl (C=O) groups excluding carboxylic acids is 1. The molecule has 0 radical (unpaired) electrons. The van der Waals surface area contributed by atoms with Crippen molar-refractivity contribution in [1.29, 1.82) is 0 Å². The fourth-order valence-electron chi connectivity index (χ4n) is 3.14. The molecular formula is C19H21N7O. The van der Waals surface area contributed by atoms with Crippen LogP contribution in [0.3, 0.4) is 0 Å². The van der Waals surface area contributed by atoms with Gasteiger partial charge >= 0.3 is 0 Å². The molecule has 0 unspecified atom stereocenters. The molecule has 0 atom stereocenters. The van der Waals surface area contributed by atoms with Crippen LogP contribution in [0.2, 0.25) is 0 Å². The minimum atomic E-state index is 0.112. The molecule has 3 aromatic rings. The van der Waals surface area contributed by atoms with Crippen LogP contribution >= 0.6 is 0 Å². The second-order valence-corrected chi connectivity index (χ2v) is 7.02. The molecule has 1 aliphatic rings. The Morgan fingerprint density at radius 1 is 1.22 bits per heavy atom. The van der Waals surface area contributed by atoms with Gasteiger partial charge in [0.1, 0.15) is 12.2 Å². The van der Waals surface area contributed by atoms with Crippen molar-refractivity contribution in [3.8, 4) is 5.69 Å². The number of hydrogen-bond acceptors (Lipinski definition) is 6. The van der Waals surface area contributed by atoms with E-state index in [0.29, 0.717) is 19.5 Å². The van der Waals surface area contributed by atoms with Crippen molar-refractivity contribution < 1.29 is 4.79 Å². The largest absolute Gasteiger partial charge is 0.336 e. The lowest BCUT2D eigenvalue weighted by atomic mass is 10.0. The summed E-state index contributed by atoms with van der Waals surface area (Å²) in [5.74, 6) is 1.22. The number of aromatic nitrogens is 6. The molecule has 3 heterocycles. The maximum absolute atomic E-state index is 12.8. The van der Waals surface area contributed by atoms with Gasteiger partial charge in [-0.25, -0.2) is 14.6 Å². The normalized spacial score (nSPS) is 13.7. The van der Waals surface area contributed by atoms with Crippen LogP contribution in [0, 0.1) is 0 Å². The van der Waals surface area contributed by atoms with Gasteiger partial charge < -0.3 is 4.90 Å². The summed E-state index contributed by atoms with van der Waals surface area (Å²) in [6.45, 7) is 5.41. The Hall–Kier alpha value is -3.16. The van der Waals surface area contributed by atoms with Crippen molar-refractivity contribution >= 4 is 5.91 Å². The molecule has 0 saturated heterocycles. The maximum Gasteiger partial charge on any atom is 0.227 e. The van der Waals surface area contributed by atoms with E-state index in [-0.39, 0.29) is 11.8 Å². The quantitative estimate of drug-likeness (QED) is 0.701. The number of fused-ring (bicyclic) bond motifs is 1. The highest BCUT2D eigenvalue weighted by Gasteiger charge is 2.23. The van der Waals surface area contributed by atoms with E-state index < -0.39 is 0 Å². The van der Waals surface area contributed by atoms with Gasteiger partial charge in [0.05, 0.1) is 24.3 Å². The average molecular weight is 363 g/mol. The number of nitrogens with zero attached hydrogens (tertiary/aromatic N) is 7. The molecule has 0 N–H and O–H groups in total. The fraction of sp³-hybridized carbons (Fsp3) is 0.368. The summed E-state index contributed by atoms with van der Waals surface area (Å²) in [6, 6.07) is 7.69. The van der Waals surface area contributed by atoms with E-state index in [1.54, 1.807) is 11.0 Å². The topological polar surface area (TPSA) is 89.7 Å². The number of hydrogen-bond donors (Lipinski definition) is 0. The standard InChI is InChI=1S/C19H21N7O/c1-13(2)19-20-10-15-7-8-25(11-17(15)22-19)18(27)9-14-3-5-16(6-4-14)26-12-21-23-24-26/h3-6,10,12-13H,7-9,11H2,1-2H3. The lowest BCUT2D eigenvalue weighted by Gasteiger charge is -2.28. The van der Waals surface area contributed by atoms with Crippen molar-refractivity contribution in [1.82, 2.24) is 35.1 Å². The van der Waals surface area contributed by atoms with Gasteiger partial charge in [0.2, 0.25) is 5.91 Å². The van der Waals surface area contributed by atoms with E-state index in [2.05, 4.69) is 39.3 Å². The van der Waals surface area contributed by atoms with E-state index in [0.717, 1.165) is 34.8 Å². The summed E-state index contributed by atoms with van der Waals surface area (Å²) in [5.41, 5.74) is 3.95. The fourth-order valence-corrected chi connectivity index (χ4v) is 3.14. The molecule has 0 fully saturated rings. The smallest absolute Gasteiger partial charge is 0.227 e. The van der Waals surface area contributed by atoms with Crippen LogP contribution in [0.4, 0.5) is 0 Å². The van der Waals surface area contributed by atoms with Crippen LogP contribution in [0.5, 0.6) is 0 Å². The Morgan fingerprint density at radius 3 is 2.74 bits per heavy atom. The van der Waals surface area contributed by atoms with Gasteiger partial charge in [-0.3, -0.25) is 4.79 Å². The minimum absolute atomic E-state index is 0.112. The minimum Gasteiger partial charge on any atom is -0.336 e. The second kappa shape index (κ2) is 7.22. The molecule has 1 aromatic carbocycles. The molecule has 138 valence electrons. The third-order valence-electron chi connectivity index (χ3n) is 4.74. The molecule has 0 spiro atoms. The molecule has 8 heteroatoms. The third kappa shape index (κ3) is 3.69. The molecular weight excluding hydrogens is 342 g/mol. The highest BCUT2D eigenvalue weighted by atomic mass is 16.2. The highest BCUT2D eigenvalue weighted by molar-refractivity contribution is 5.79. The monoisotopic (exact) mass is 363 g/mol. The van der Waals surface area contributed by atoms with Gasteiger partial charge in [-0.05, 0) is 40.1 Å². The Kier molecular flexibility index (Phi) is 4.62. The maximum atomic E-state index is 12.8. The predicted octanol–water partition coefficient (Wildman–Crippen LogP) is 1.70. The number of carbonyl (C=O) groups is 1. The zero-order chi connectivity index (χ0) is 18.8. The van der Waals surface area contributed by atoms with Gasteiger partial charge in [0.25, 0.3) is 0 Å². The van der Waals surface area contributed by atoms with E-state index in [4.69, 9.17) is 0 Å². The van der Waals surface area contributed by atoms with Gasteiger partial charge in [0, 0.05) is 18.7 Å². The molecule has 8 nitrogen and oxygen atoms in total. The van der Waals surface area contributed by atoms with Gasteiger partial charge in [-0.2, -0.15) is 0 Å². The van der Waals surface area contributed by atoms with E-state index in [1.165, 1.54) is 0 Å². The number of rotatable bonds is 4. The second-order valence-electron chi connectivity index (χ2n) is 7.02. The molecule has 0 bridgehead atoms. The summed E-state index contributed by atoms with van der Waals surface area (Å²) in [5, 5.41) is 11.1. The molecule has 0 saturated carbocycles. The Labute approximate surface area is 157 Å². The van der Waals surface area contributed by atoms with Crippen LogP contribution in [0.25, 0.3) is 5.69 Å². The first-order valence-electron chi connectivity index (χ1n) is 9.05. The van der Waals surface area contributed by atoms with Crippen LogP contribution in [-0.4, -0.2) is 47.5 Å². The van der Waals surface area contributed by atoms with Crippen molar-refractivity contribution in [2.24, 2.45) is 0 Å².